The average Bonchev–Trinajstić information content (AvgIpc) is 3.14. The second-order valence-corrected chi connectivity index (χ2v) is 6.72. The minimum atomic E-state index is -0.161. The molecule has 1 aromatic carbocycles. The van der Waals surface area contributed by atoms with Crippen molar-refractivity contribution in [2.75, 3.05) is 12.0 Å². The van der Waals surface area contributed by atoms with E-state index in [1.165, 1.54) is 0 Å². The monoisotopic (exact) mass is 343 g/mol. The van der Waals surface area contributed by atoms with Crippen LogP contribution >= 0.6 is 11.8 Å². The van der Waals surface area contributed by atoms with E-state index in [0.717, 1.165) is 34.7 Å². The summed E-state index contributed by atoms with van der Waals surface area (Å²) in [6.07, 6.45) is 4.52. The van der Waals surface area contributed by atoms with Gasteiger partial charge in [-0.25, -0.2) is 9.97 Å². The van der Waals surface area contributed by atoms with Crippen LogP contribution in [0.5, 0.6) is 0 Å². The van der Waals surface area contributed by atoms with Gasteiger partial charge in [-0.3, -0.25) is 4.79 Å². The molecule has 0 saturated carbocycles. The van der Waals surface area contributed by atoms with Crippen molar-refractivity contribution >= 4 is 28.7 Å². The van der Waals surface area contributed by atoms with Crippen molar-refractivity contribution < 1.29 is 4.79 Å². The fraction of sp³-hybridized carbons (Fsp3) is 0.353. The Labute approximate surface area is 145 Å². The number of carbonyl (C=O) groups is 1. The number of nitrogens with one attached hydrogen (secondary N) is 2. The molecule has 3 aromatic rings. The van der Waals surface area contributed by atoms with E-state index in [4.69, 9.17) is 0 Å². The third kappa shape index (κ3) is 3.31. The summed E-state index contributed by atoms with van der Waals surface area (Å²) in [5.74, 6) is 1.60. The molecule has 0 saturated heterocycles. The molecule has 0 aliphatic carbocycles. The predicted molar refractivity (Wildman–Crippen MR) is 97.2 cm³/mol. The molecule has 1 amide bonds. The number of aromatic amines is 1. The zero-order valence-electron chi connectivity index (χ0n) is 14.0. The van der Waals surface area contributed by atoms with Crippen molar-refractivity contribution in [2.24, 2.45) is 7.05 Å². The molecule has 0 radical (unpaired) electrons. The van der Waals surface area contributed by atoms with Gasteiger partial charge in [-0.1, -0.05) is 12.1 Å². The van der Waals surface area contributed by atoms with Crippen LogP contribution in [0.2, 0.25) is 0 Å². The third-order valence-corrected chi connectivity index (χ3v) is 4.63. The quantitative estimate of drug-likeness (QED) is 0.722. The van der Waals surface area contributed by atoms with E-state index < -0.39 is 0 Å². The summed E-state index contributed by atoms with van der Waals surface area (Å²) in [7, 11) is 1.83. The topological polar surface area (TPSA) is 75.6 Å². The molecular formula is C17H21N5OS. The molecule has 7 heteroatoms. The van der Waals surface area contributed by atoms with E-state index in [2.05, 4.69) is 26.5 Å². The van der Waals surface area contributed by atoms with E-state index in [0.29, 0.717) is 5.69 Å². The van der Waals surface area contributed by atoms with Gasteiger partial charge in [-0.2, -0.15) is 11.8 Å². The third-order valence-electron chi connectivity index (χ3n) is 3.99. The normalized spacial score (nSPS) is 12.5. The highest BCUT2D eigenvalue weighted by atomic mass is 32.2. The van der Waals surface area contributed by atoms with Crippen molar-refractivity contribution in [3.8, 4) is 0 Å². The summed E-state index contributed by atoms with van der Waals surface area (Å²) >= 11 is 1.75. The first kappa shape index (κ1) is 16.6. The number of hydrogen-bond donors (Lipinski definition) is 2. The molecule has 0 unspecified atom stereocenters. The minimum Gasteiger partial charge on any atom is -0.341 e. The van der Waals surface area contributed by atoms with Crippen molar-refractivity contribution in [1.82, 2.24) is 24.8 Å². The summed E-state index contributed by atoms with van der Waals surface area (Å²) in [6, 6.07) is 7.73. The number of aryl methyl sites for hydroxylation is 2. The summed E-state index contributed by atoms with van der Waals surface area (Å²) in [5.41, 5.74) is 3.20. The lowest BCUT2D eigenvalue weighted by Crippen LogP contribution is -2.31. The lowest BCUT2D eigenvalue weighted by Gasteiger charge is -2.16. The molecule has 1 atom stereocenters. The molecule has 24 heavy (non-hydrogen) atoms. The zero-order valence-corrected chi connectivity index (χ0v) is 14.9. The zero-order chi connectivity index (χ0) is 17.1. The molecular weight excluding hydrogens is 322 g/mol. The maximum absolute atomic E-state index is 12.7. The van der Waals surface area contributed by atoms with Crippen LogP contribution in [0, 0.1) is 6.92 Å². The Bertz CT molecular complexity index is 801. The van der Waals surface area contributed by atoms with Crippen molar-refractivity contribution in [1.29, 1.82) is 0 Å². The molecule has 0 aliphatic heterocycles. The van der Waals surface area contributed by atoms with E-state index >= 15 is 0 Å². The van der Waals surface area contributed by atoms with Gasteiger partial charge < -0.3 is 14.9 Å². The standard InChI is InChI=1S/C17H21N5OS/c1-11-15(22(2)10-18-11)17(23)21-14(8-9-24-3)16-19-12-6-4-5-7-13(12)20-16/h4-7,10,14H,8-9H2,1-3H3,(H,19,20)(H,21,23)/t14-/m0/s1. The van der Waals surface area contributed by atoms with E-state index in [9.17, 15) is 4.79 Å². The number of amides is 1. The highest BCUT2D eigenvalue weighted by molar-refractivity contribution is 7.98. The van der Waals surface area contributed by atoms with Gasteiger partial charge in [0.25, 0.3) is 5.91 Å². The highest BCUT2D eigenvalue weighted by Gasteiger charge is 2.22. The lowest BCUT2D eigenvalue weighted by molar-refractivity contribution is 0.0925. The number of carbonyl (C=O) groups excluding carboxylic acids is 1. The number of para-hydroxylation sites is 2. The summed E-state index contributed by atoms with van der Waals surface area (Å²) in [6.45, 7) is 1.84. The smallest absolute Gasteiger partial charge is 0.270 e. The van der Waals surface area contributed by atoms with Gasteiger partial charge in [-0.05, 0) is 37.5 Å². The van der Waals surface area contributed by atoms with Crippen LogP contribution in [0.15, 0.2) is 30.6 Å². The Morgan fingerprint density at radius 3 is 2.88 bits per heavy atom. The summed E-state index contributed by atoms with van der Waals surface area (Å²) < 4.78 is 1.74. The molecule has 0 bridgehead atoms. The van der Waals surface area contributed by atoms with Crippen molar-refractivity contribution in [3.63, 3.8) is 0 Å². The maximum atomic E-state index is 12.7. The van der Waals surface area contributed by atoms with Gasteiger partial charge >= 0.3 is 0 Å². The lowest BCUT2D eigenvalue weighted by atomic mass is 10.2. The number of rotatable bonds is 6. The minimum absolute atomic E-state index is 0.126. The van der Waals surface area contributed by atoms with Gasteiger partial charge in [0.15, 0.2) is 0 Å². The number of aromatic nitrogens is 4. The second kappa shape index (κ2) is 7.09. The molecule has 126 valence electrons. The predicted octanol–water partition coefficient (Wildman–Crippen LogP) is 2.83. The number of thioether (sulfide) groups is 1. The number of hydrogen-bond acceptors (Lipinski definition) is 4. The molecule has 2 aromatic heterocycles. The SMILES string of the molecule is CSCC[C@H](NC(=O)c1c(C)ncn1C)c1nc2ccccc2[nH]1. The molecule has 0 aliphatic rings. The van der Waals surface area contributed by atoms with Gasteiger partial charge in [0.1, 0.15) is 11.5 Å². The van der Waals surface area contributed by atoms with Crippen LogP contribution in [-0.4, -0.2) is 37.4 Å². The van der Waals surface area contributed by atoms with E-state index in [1.807, 2.05) is 38.2 Å². The Kier molecular flexibility index (Phi) is 4.89. The van der Waals surface area contributed by atoms with E-state index in [-0.39, 0.29) is 11.9 Å². The van der Waals surface area contributed by atoms with Crippen LogP contribution < -0.4 is 5.32 Å². The van der Waals surface area contributed by atoms with Gasteiger partial charge in [0.2, 0.25) is 0 Å². The molecule has 0 fully saturated rings. The molecule has 2 heterocycles. The molecule has 3 rings (SSSR count). The maximum Gasteiger partial charge on any atom is 0.270 e. The van der Waals surface area contributed by atoms with Crippen LogP contribution in [0.25, 0.3) is 11.0 Å². The fourth-order valence-electron chi connectivity index (χ4n) is 2.75. The van der Waals surface area contributed by atoms with Crippen LogP contribution in [-0.2, 0) is 7.05 Å². The van der Waals surface area contributed by atoms with Crippen molar-refractivity contribution in [2.45, 2.75) is 19.4 Å². The van der Waals surface area contributed by atoms with Crippen LogP contribution in [0.1, 0.15) is 34.5 Å². The first-order chi connectivity index (χ1) is 11.6. The van der Waals surface area contributed by atoms with Crippen LogP contribution in [0.4, 0.5) is 0 Å². The van der Waals surface area contributed by atoms with Gasteiger partial charge in [0.05, 0.1) is 29.1 Å². The van der Waals surface area contributed by atoms with Crippen molar-refractivity contribution in [3.05, 3.63) is 47.8 Å². The molecule has 6 nitrogen and oxygen atoms in total. The Hall–Kier alpha value is -2.28. The highest BCUT2D eigenvalue weighted by Crippen LogP contribution is 2.21. The fourth-order valence-corrected chi connectivity index (χ4v) is 3.22. The largest absolute Gasteiger partial charge is 0.341 e. The Morgan fingerprint density at radius 2 is 2.21 bits per heavy atom. The second-order valence-electron chi connectivity index (χ2n) is 5.74. The Balaban J connectivity index is 1.87. The number of benzene rings is 1. The molecule has 2 N–H and O–H groups in total. The van der Waals surface area contributed by atoms with Gasteiger partial charge in [0, 0.05) is 7.05 Å². The first-order valence-corrected chi connectivity index (χ1v) is 9.22. The summed E-state index contributed by atoms with van der Waals surface area (Å²) in [5, 5.41) is 3.11. The first-order valence-electron chi connectivity index (χ1n) is 7.82. The molecule has 0 spiro atoms. The van der Waals surface area contributed by atoms with E-state index in [1.54, 1.807) is 22.7 Å². The number of H-pyrrole nitrogens is 1. The summed E-state index contributed by atoms with van der Waals surface area (Å²) in [4.78, 5) is 24.8. The average molecular weight is 343 g/mol. The van der Waals surface area contributed by atoms with Gasteiger partial charge in [-0.15, -0.1) is 0 Å². The Morgan fingerprint density at radius 1 is 1.42 bits per heavy atom. The van der Waals surface area contributed by atoms with Crippen LogP contribution in [0.3, 0.4) is 0 Å². The number of nitrogens with zero attached hydrogens (tertiary/aromatic N) is 3. The number of fused-ring (bicyclic) bond motifs is 1. The number of imidazole rings is 2.